The molecule has 1 unspecified atom stereocenters. The van der Waals surface area contributed by atoms with Crippen LogP contribution in [-0.2, 0) is 5.41 Å². The van der Waals surface area contributed by atoms with Gasteiger partial charge in [0.15, 0.2) is 6.10 Å². The van der Waals surface area contributed by atoms with Crippen LogP contribution in [0.15, 0.2) is 18.2 Å². The molecule has 0 spiro atoms. The number of ketones is 1. The van der Waals surface area contributed by atoms with E-state index >= 15 is 0 Å². The van der Waals surface area contributed by atoms with E-state index in [4.69, 9.17) is 4.74 Å². The number of carbonyl (C=O) groups excluding carboxylic acids is 1. The summed E-state index contributed by atoms with van der Waals surface area (Å²) in [4.78, 5) is 12.1. The first-order chi connectivity index (χ1) is 7.99. The number of hydrogen-bond acceptors (Lipinski definition) is 2. The van der Waals surface area contributed by atoms with E-state index < -0.39 is 0 Å². The van der Waals surface area contributed by atoms with Crippen molar-refractivity contribution in [1.82, 2.24) is 0 Å². The summed E-state index contributed by atoms with van der Waals surface area (Å²) in [7, 11) is 0. The summed E-state index contributed by atoms with van der Waals surface area (Å²) in [5.41, 5.74) is 2.09. The normalized spacial score (nSPS) is 19.1. The molecule has 1 aliphatic rings. The number of fused-ring (bicyclic) bond motifs is 1. The molecule has 0 saturated carbocycles. The minimum absolute atomic E-state index is 0.111. The second kappa shape index (κ2) is 4.17. The van der Waals surface area contributed by atoms with E-state index in [9.17, 15) is 4.79 Å². The molecule has 92 valence electrons. The Morgan fingerprint density at radius 1 is 1.29 bits per heavy atom. The Morgan fingerprint density at radius 3 is 2.59 bits per heavy atom. The minimum Gasteiger partial charge on any atom is -0.482 e. The molecule has 0 aromatic heterocycles. The first-order valence-corrected chi connectivity index (χ1v) is 6.35. The number of rotatable bonds is 3. The van der Waals surface area contributed by atoms with Crippen molar-refractivity contribution in [1.29, 1.82) is 0 Å². The largest absolute Gasteiger partial charge is 0.482 e. The third-order valence-corrected chi connectivity index (χ3v) is 3.84. The Kier molecular flexibility index (Phi) is 2.98. The average molecular weight is 232 g/mol. The zero-order valence-corrected chi connectivity index (χ0v) is 11.0. The fourth-order valence-electron chi connectivity index (χ4n) is 2.10. The lowest BCUT2D eigenvalue weighted by Crippen LogP contribution is -2.19. The van der Waals surface area contributed by atoms with Gasteiger partial charge in [-0.2, -0.15) is 0 Å². The van der Waals surface area contributed by atoms with Crippen LogP contribution >= 0.6 is 0 Å². The van der Waals surface area contributed by atoms with E-state index in [0.29, 0.717) is 0 Å². The van der Waals surface area contributed by atoms with Crippen molar-refractivity contribution in [2.45, 2.75) is 52.1 Å². The standard InChI is InChI=1S/C15H20O2/c1-5-12-14(16)11-9-10(15(3,4)6-2)7-8-13(11)17-12/h7-9,12H,5-6H2,1-4H3. The molecule has 0 amide bonds. The fourth-order valence-corrected chi connectivity index (χ4v) is 2.10. The lowest BCUT2D eigenvalue weighted by Gasteiger charge is -2.23. The summed E-state index contributed by atoms with van der Waals surface area (Å²) in [6, 6.07) is 6.03. The van der Waals surface area contributed by atoms with Gasteiger partial charge in [-0.1, -0.05) is 33.8 Å². The van der Waals surface area contributed by atoms with E-state index in [1.807, 2.05) is 19.1 Å². The molecule has 1 aliphatic heterocycles. The highest BCUT2D eigenvalue weighted by Crippen LogP contribution is 2.35. The molecule has 2 nitrogen and oxygen atoms in total. The Bertz CT molecular complexity index is 446. The average Bonchev–Trinajstić information content (AvgIpc) is 2.66. The van der Waals surface area contributed by atoms with Gasteiger partial charge in [0.25, 0.3) is 0 Å². The number of benzene rings is 1. The molecule has 1 aromatic carbocycles. The molecule has 0 aliphatic carbocycles. The summed E-state index contributed by atoms with van der Waals surface area (Å²) in [6.45, 7) is 8.55. The molecule has 17 heavy (non-hydrogen) atoms. The Hall–Kier alpha value is -1.31. The van der Waals surface area contributed by atoms with Gasteiger partial charge < -0.3 is 4.74 Å². The Labute approximate surface area is 103 Å². The van der Waals surface area contributed by atoms with Gasteiger partial charge in [-0.05, 0) is 36.0 Å². The van der Waals surface area contributed by atoms with Gasteiger partial charge in [-0.15, -0.1) is 0 Å². The third kappa shape index (κ3) is 1.97. The van der Waals surface area contributed by atoms with Gasteiger partial charge in [0, 0.05) is 0 Å². The van der Waals surface area contributed by atoms with E-state index in [1.54, 1.807) is 0 Å². The molecule has 0 fully saturated rings. The minimum atomic E-state index is -0.273. The lowest BCUT2D eigenvalue weighted by atomic mass is 9.81. The van der Waals surface area contributed by atoms with Crippen LogP contribution in [0.3, 0.4) is 0 Å². The van der Waals surface area contributed by atoms with Crippen molar-refractivity contribution in [3.8, 4) is 5.75 Å². The van der Waals surface area contributed by atoms with Crippen LogP contribution in [-0.4, -0.2) is 11.9 Å². The quantitative estimate of drug-likeness (QED) is 0.793. The number of hydrogen-bond donors (Lipinski definition) is 0. The molecule has 1 aromatic rings. The van der Waals surface area contributed by atoms with Crippen LogP contribution in [0.1, 0.15) is 56.5 Å². The Morgan fingerprint density at radius 2 is 2.00 bits per heavy atom. The molecule has 1 atom stereocenters. The van der Waals surface area contributed by atoms with Crippen molar-refractivity contribution >= 4 is 5.78 Å². The fraction of sp³-hybridized carbons (Fsp3) is 0.533. The van der Waals surface area contributed by atoms with E-state index in [2.05, 4.69) is 26.8 Å². The van der Waals surface area contributed by atoms with Gasteiger partial charge in [0.2, 0.25) is 5.78 Å². The molecule has 0 N–H and O–H groups in total. The molecule has 0 radical (unpaired) electrons. The summed E-state index contributed by atoms with van der Waals surface area (Å²) < 4.78 is 5.62. The molecule has 0 saturated heterocycles. The van der Waals surface area contributed by atoms with Gasteiger partial charge >= 0.3 is 0 Å². The maximum Gasteiger partial charge on any atom is 0.207 e. The molecule has 2 rings (SSSR count). The van der Waals surface area contributed by atoms with Crippen molar-refractivity contribution in [3.05, 3.63) is 29.3 Å². The second-order valence-corrected chi connectivity index (χ2v) is 5.33. The molecular formula is C15H20O2. The van der Waals surface area contributed by atoms with Gasteiger partial charge in [-0.3, -0.25) is 4.79 Å². The number of carbonyl (C=O) groups is 1. The van der Waals surface area contributed by atoms with E-state index in [1.165, 1.54) is 5.56 Å². The van der Waals surface area contributed by atoms with Gasteiger partial charge in [-0.25, -0.2) is 0 Å². The van der Waals surface area contributed by atoms with Crippen molar-refractivity contribution in [2.24, 2.45) is 0 Å². The number of Topliss-reactive ketones (excluding diaryl/α,β-unsaturated/α-hetero) is 1. The van der Waals surface area contributed by atoms with Crippen LogP contribution < -0.4 is 4.74 Å². The topological polar surface area (TPSA) is 26.3 Å². The van der Waals surface area contributed by atoms with Crippen LogP contribution in [0.25, 0.3) is 0 Å². The highest BCUT2D eigenvalue weighted by Gasteiger charge is 2.32. The number of ether oxygens (including phenoxy) is 1. The van der Waals surface area contributed by atoms with Crippen molar-refractivity contribution in [3.63, 3.8) is 0 Å². The summed E-state index contributed by atoms with van der Waals surface area (Å²) in [5, 5.41) is 0. The molecular weight excluding hydrogens is 212 g/mol. The lowest BCUT2D eigenvalue weighted by molar-refractivity contribution is 0.0853. The van der Waals surface area contributed by atoms with E-state index in [-0.39, 0.29) is 17.3 Å². The van der Waals surface area contributed by atoms with Crippen LogP contribution in [0.5, 0.6) is 5.75 Å². The SMILES string of the molecule is CCC1Oc2ccc(C(C)(C)CC)cc2C1=O. The monoisotopic (exact) mass is 232 g/mol. The molecule has 1 heterocycles. The Balaban J connectivity index is 2.41. The van der Waals surface area contributed by atoms with Gasteiger partial charge in [0.05, 0.1) is 5.56 Å². The first kappa shape index (κ1) is 12.2. The highest BCUT2D eigenvalue weighted by atomic mass is 16.5. The van der Waals surface area contributed by atoms with Crippen molar-refractivity contribution in [2.75, 3.05) is 0 Å². The van der Waals surface area contributed by atoms with Gasteiger partial charge in [0.1, 0.15) is 5.75 Å². The van der Waals surface area contributed by atoms with Crippen LogP contribution in [0, 0.1) is 0 Å². The zero-order chi connectivity index (χ0) is 12.6. The third-order valence-electron chi connectivity index (χ3n) is 3.84. The second-order valence-electron chi connectivity index (χ2n) is 5.33. The predicted octanol–water partition coefficient (Wildman–Crippen LogP) is 3.73. The summed E-state index contributed by atoms with van der Waals surface area (Å²) >= 11 is 0. The maximum absolute atomic E-state index is 12.1. The highest BCUT2D eigenvalue weighted by molar-refractivity contribution is 6.04. The van der Waals surface area contributed by atoms with Crippen LogP contribution in [0.4, 0.5) is 0 Å². The summed E-state index contributed by atoms with van der Waals surface area (Å²) in [5.74, 6) is 0.883. The van der Waals surface area contributed by atoms with Crippen LogP contribution in [0.2, 0.25) is 0 Å². The van der Waals surface area contributed by atoms with Crippen molar-refractivity contribution < 1.29 is 9.53 Å². The maximum atomic E-state index is 12.1. The molecule has 2 heteroatoms. The first-order valence-electron chi connectivity index (χ1n) is 6.35. The van der Waals surface area contributed by atoms with E-state index in [0.717, 1.165) is 24.2 Å². The smallest absolute Gasteiger partial charge is 0.207 e. The molecule has 0 bridgehead atoms. The summed E-state index contributed by atoms with van der Waals surface area (Å²) in [6.07, 6.45) is 1.52. The predicted molar refractivity (Wildman–Crippen MR) is 68.8 cm³/mol. The zero-order valence-electron chi connectivity index (χ0n) is 11.0.